The number of para-hydroxylation sites is 1. The minimum Gasteiger partial charge on any atom is -0.464 e. The Morgan fingerprint density at radius 1 is 1.08 bits per heavy atom. The summed E-state index contributed by atoms with van der Waals surface area (Å²) in [5.74, 6) is -0.488. The molecule has 0 aliphatic rings. The highest BCUT2D eigenvalue weighted by Crippen LogP contribution is 2.32. The number of H-pyrrole nitrogens is 1. The van der Waals surface area contributed by atoms with Crippen molar-refractivity contribution in [2.45, 2.75) is 0 Å². The van der Waals surface area contributed by atoms with Crippen molar-refractivity contribution >= 4 is 34.1 Å². The van der Waals surface area contributed by atoms with Crippen LogP contribution in [0, 0.1) is 0 Å². The molecule has 2 heterocycles. The summed E-state index contributed by atoms with van der Waals surface area (Å²) in [6, 6.07) is 16.7. The summed E-state index contributed by atoms with van der Waals surface area (Å²) in [4.78, 5) is 30.8. The summed E-state index contributed by atoms with van der Waals surface area (Å²) in [6.45, 7) is 0. The molecule has 0 aliphatic carbocycles. The van der Waals surface area contributed by atoms with Crippen LogP contribution in [-0.4, -0.2) is 29.3 Å². The van der Waals surface area contributed by atoms with Gasteiger partial charge in [-0.15, -0.1) is 0 Å². The van der Waals surface area contributed by atoms with Crippen molar-refractivity contribution in [1.29, 1.82) is 0 Å². The fourth-order valence-electron chi connectivity index (χ4n) is 2.98. The van der Waals surface area contributed by atoms with Crippen molar-refractivity contribution in [1.82, 2.24) is 9.97 Å². The molecule has 0 aliphatic heterocycles. The van der Waals surface area contributed by atoms with Gasteiger partial charge in [0.05, 0.1) is 18.3 Å². The molecular weight excluding hydrogens is 316 g/mol. The van der Waals surface area contributed by atoms with Gasteiger partial charge in [0.1, 0.15) is 12.0 Å². The van der Waals surface area contributed by atoms with E-state index >= 15 is 0 Å². The second kappa shape index (κ2) is 5.87. The van der Waals surface area contributed by atoms with Crippen LogP contribution in [0.25, 0.3) is 33.1 Å². The average molecular weight is 330 g/mol. The summed E-state index contributed by atoms with van der Waals surface area (Å²) in [5.41, 5.74) is 4.09. The standard InChI is InChI=1S/C20H14N2O3/c1-25-20(24)17-10-15-14-4-2-3-5-16(14)21-19(15)18(22-17)13-8-6-12(11-23)7-9-13/h2-11,21H,1H3. The van der Waals surface area contributed by atoms with Crippen molar-refractivity contribution in [2.75, 3.05) is 7.11 Å². The minimum atomic E-state index is -0.488. The van der Waals surface area contributed by atoms with Gasteiger partial charge in [-0.05, 0) is 12.1 Å². The Kier molecular flexibility index (Phi) is 3.54. The topological polar surface area (TPSA) is 72.1 Å². The zero-order chi connectivity index (χ0) is 17.4. The number of aldehydes is 1. The second-order valence-corrected chi connectivity index (χ2v) is 5.68. The molecule has 5 nitrogen and oxygen atoms in total. The van der Waals surface area contributed by atoms with Crippen LogP contribution in [0.15, 0.2) is 54.6 Å². The number of hydrogen-bond acceptors (Lipinski definition) is 4. The molecule has 5 heteroatoms. The van der Waals surface area contributed by atoms with Gasteiger partial charge >= 0.3 is 5.97 Å². The lowest BCUT2D eigenvalue weighted by Gasteiger charge is -2.06. The van der Waals surface area contributed by atoms with E-state index in [1.807, 2.05) is 36.4 Å². The lowest BCUT2D eigenvalue weighted by atomic mass is 10.1. The highest BCUT2D eigenvalue weighted by Gasteiger charge is 2.17. The first-order valence-corrected chi connectivity index (χ1v) is 7.76. The van der Waals surface area contributed by atoms with E-state index < -0.39 is 5.97 Å². The third kappa shape index (κ3) is 2.46. The number of benzene rings is 2. The third-order valence-electron chi connectivity index (χ3n) is 4.21. The first kappa shape index (κ1) is 15.1. The molecule has 0 saturated heterocycles. The first-order valence-electron chi connectivity index (χ1n) is 7.76. The number of fused-ring (bicyclic) bond motifs is 3. The van der Waals surface area contributed by atoms with Crippen LogP contribution in [0.4, 0.5) is 0 Å². The number of hydrogen-bond donors (Lipinski definition) is 1. The smallest absolute Gasteiger partial charge is 0.356 e. The number of aromatic amines is 1. The van der Waals surface area contributed by atoms with Gasteiger partial charge in [0.15, 0.2) is 0 Å². The zero-order valence-electron chi connectivity index (χ0n) is 13.4. The van der Waals surface area contributed by atoms with E-state index in [4.69, 9.17) is 4.74 Å². The van der Waals surface area contributed by atoms with E-state index in [0.29, 0.717) is 11.3 Å². The lowest BCUT2D eigenvalue weighted by molar-refractivity contribution is 0.0594. The fraction of sp³-hybridized carbons (Fsp3) is 0.0500. The molecule has 0 unspecified atom stereocenters. The van der Waals surface area contributed by atoms with Crippen LogP contribution in [0.2, 0.25) is 0 Å². The number of nitrogens with zero attached hydrogens (tertiary/aromatic N) is 1. The molecule has 0 bridgehead atoms. The third-order valence-corrected chi connectivity index (χ3v) is 4.21. The summed E-state index contributed by atoms with van der Waals surface area (Å²) in [7, 11) is 1.34. The molecule has 0 radical (unpaired) electrons. The molecule has 4 rings (SSSR count). The predicted octanol–water partition coefficient (Wildman–Crippen LogP) is 3.98. The maximum absolute atomic E-state index is 12.1. The molecule has 122 valence electrons. The van der Waals surface area contributed by atoms with Gasteiger partial charge in [0.2, 0.25) is 0 Å². The van der Waals surface area contributed by atoms with E-state index in [1.54, 1.807) is 18.2 Å². The van der Waals surface area contributed by atoms with Crippen LogP contribution in [0.3, 0.4) is 0 Å². The minimum absolute atomic E-state index is 0.245. The van der Waals surface area contributed by atoms with E-state index in [9.17, 15) is 9.59 Å². The van der Waals surface area contributed by atoms with Crippen molar-refractivity contribution in [2.24, 2.45) is 0 Å². The number of carbonyl (C=O) groups is 2. The van der Waals surface area contributed by atoms with Crippen molar-refractivity contribution < 1.29 is 14.3 Å². The number of pyridine rings is 1. The van der Waals surface area contributed by atoms with Gasteiger partial charge in [0, 0.05) is 27.4 Å². The lowest BCUT2D eigenvalue weighted by Crippen LogP contribution is -2.05. The Morgan fingerprint density at radius 2 is 1.84 bits per heavy atom. The summed E-state index contributed by atoms with van der Waals surface area (Å²) >= 11 is 0. The Balaban J connectivity index is 2.06. The van der Waals surface area contributed by atoms with Crippen molar-refractivity contribution in [3.63, 3.8) is 0 Å². The first-order chi connectivity index (χ1) is 12.2. The van der Waals surface area contributed by atoms with Gasteiger partial charge in [-0.1, -0.05) is 42.5 Å². The molecule has 4 aromatic rings. The molecule has 0 amide bonds. The number of nitrogens with one attached hydrogen (secondary N) is 1. The van der Waals surface area contributed by atoms with Crippen LogP contribution < -0.4 is 0 Å². The van der Waals surface area contributed by atoms with Crippen LogP contribution in [0.5, 0.6) is 0 Å². The SMILES string of the molecule is COC(=O)c1cc2c([nH]c3ccccc32)c(-c2ccc(C=O)cc2)n1. The Bertz CT molecular complexity index is 1110. The van der Waals surface area contributed by atoms with Crippen LogP contribution >= 0.6 is 0 Å². The van der Waals surface area contributed by atoms with Crippen LogP contribution in [-0.2, 0) is 4.74 Å². The molecule has 2 aromatic carbocycles. The average Bonchev–Trinajstić information content (AvgIpc) is 3.05. The number of aromatic nitrogens is 2. The molecular formula is C20H14N2O3. The van der Waals surface area contributed by atoms with E-state index in [-0.39, 0.29) is 5.69 Å². The molecule has 0 saturated carbocycles. The number of ether oxygens (including phenoxy) is 1. The Labute approximate surface area is 143 Å². The summed E-state index contributed by atoms with van der Waals surface area (Å²) < 4.78 is 4.84. The molecule has 2 aromatic heterocycles. The molecule has 25 heavy (non-hydrogen) atoms. The van der Waals surface area contributed by atoms with Gasteiger partial charge in [-0.2, -0.15) is 0 Å². The largest absolute Gasteiger partial charge is 0.464 e. The van der Waals surface area contributed by atoms with Crippen LogP contribution in [0.1, 0.15) is 20.8 Å². The van der Waals surface area contributed by atoms with Crippen molar-refractivity contribution in [3.8, 4) is 11.3 Å². The Hall–Kier alpha value is -3.47. The quantitative estimate of drug-likeness (QED) is 0.455. The number of carbonyl (C=O) groups excluding carboxylic acids is 2. The van der Waals surface area contributed by atoms with E-state index in [0.717, 1.165) is 33.7 Å². The van der Waals surface area contributed by atoms with Gasteiger partial charge < -0.3 is 9.72 Å². The number of methoxy groups -OCH3 is 1. The maximum atomic E-state index is 12.1. The monoisotopic (exact) mass is 330 g/mol. The molecule has 0 atom stereocenters. The summed E-state index contributed by atoms with van der Waals surface area (Å²) in [5, 5.41) is 1.91. The number of esters is 1. The highest BCUT2D eigenvalue weighted by atomic mass is 16.5. The fourth-order valence-corrected chi connectivity index (χ4v) is 2.98. The molecule has 0 spiro atoms. The molecule has 1 N–H and O–H groups in total. The Morgan fingerprint density at radius 3 is 2.56 bits per heavy atom. The predicted molar refractivity (Wildman–Crippen MR) is 95.8 cm³/mol. The maximum Gasteiger partial charge on any atom is 0.356 e. The van der Waals surface area contributed by atoms with Gasteiger partial charge in [0.25, 0.3) is 0 Å². The summed E-state index contributed by atoms with van der Waals surface area (Å²) in [6.07, 6.45) is 0.792. The number of rotatable bonds is 3. The van der Waals surface area contributed by atoms with Gasteiger partial charge in [-0.3, -0.25) is 4.79 Å². The van der Waals surface area contributed by atoms with Gasteiger partial charge in [-0.25, -0.2) is 9.78 Å². The van der Waals surface area contributed by atoms with E-state index in [2.05, 4.69) is 9.97 Å². The highest BCUT2D eigenvalue weighted by molar-refractivity contribution is 6.12. The van der Waals surface area contributed by atoms with Crippen molar-refractivity contribution in [3.05, 3.63) is 65.9 Å². The second-order valence-electron chi connectivity index (χ2n) is 5.68. The zero-order valence-corrected chi connectivity index (χ0v) is 13.4. The molecule has 0 fully saturated rings. The van der Waals surface area contributed by atoms with E-state index in [1.165, 1.54) is 7.11 Å². The normalized spacial score (nSPS) is 10.9.